The zero-order chi connectivity index (χ0) is 21.3. The monoisotopic (exact) mass is 462 g/mol. The summed E-state index contributed by atoms with van der Waals surface area (Å²) >= 11 is 1.02. The van der Waals surface area contributed by atoms with Crippen molar-refractivity contribution in [1.82, 2.24) is 14.3 Å². The summed E-state index contributed by atoms with van der Waals surface area (Å²) in [5, 5.41) is 0.264. The number of hydrogen-bond donors (Lipinski definition) is 1. The summed E-state index contributed by atoms with van der Waals surface area (Å²) in [6.07, 6.45) is 13.0. The van der Waals surface area contributed by atoms with Gasteiger partial charge in [-0.15, -0.1) is 0 Å². The number of ether oxygens (including phenoxy) is 1. The second-order valence-electron chi connectivity index (χ2n) is 8.90. The third-order valence-electron chi connectivity index (χ3n) is 7.07. The van der Waals surface area contributed by atoms with Gasteiger partial charge in [-0.1, -0.05) is 31.7 Å². The molecule has 1 saturated carbocycles. The number of aromatic nitrogens is 2. The molecular weight excluding hydrogens is 432 g/mol. The number of nitrogens with one attached hydrogen (secondary N) is 1. The van der Waals surface area contributed by atoms with E-state index in [0.717, 1.165) is 36.0 Å². The van der Waals surface area contributed by atoms with E-state index in [1.807, 2.05) is 6.07 Å². The summed E-state index contributed by atoms with van der Waals surface area (Å²) in [6, 6.07) is 6.28. The number of nitrogens with zero attached hydrogens (tertiary/aromatic N) is 3. The van der Waals surface area contributed by atoms with Gasteiger partial charge in [-0.2, -0.15) is 4.37 Å². The van der Waals surface area contributed by atoms with Crippen LogP contribution in [0.2, 0.25) is 0 Å². The highest BCUT2D eigenvalue weighted by atomic mass is 32.2. The molecule has 3 heterocycles. The summed E-state index contributed by atoms with van der Waals surface area (Å²) in [5.41, 5.74) is 1.13. The van der Waals surface area contributed by atoms with E-state index in [1.165, 1.54) is 57.7 Å². The Kier molecular flexibility index (Phi) is 6.16. The zero-order valence-electron chi connectivity index (χ0n) is 17.7. The number of sulfonamides is 1. The Morgan fingerprint density at radius 3 is 2.71 bits per heavy atom. The Balaban J connectivity index is 1.40. The van der Waals surface area contributed by atoms with Gasteiger partial charge in [0.05, 0.1) is 11.5 Å². The number of benzene rings is 1. The molecule has 1 aromatic carbocycles. The quantitative estimate of drug-likeness (QED) is 0.699. The normalized spacial score (nSPS) is 25.5. The Labute approximate surface area is 188 Å². The predicted octanol–water partition coefficient (Wildman–Crippen LogP) is 4.60. The van der Waals surface area contributed by atoms with E-state index >= 15 is 0 Å². The summed E-state index contributed by atoms with van der Waals surface area (Å²) in [7, 11) is -3.72. The minimum absolute atomic E-state index is 0.199. The first-order valence-electron chi connectivity index (χ1n) is 11.4. The lowest BCUT2D eigenvalue weighted by molar-refractivity contribution is 0.0260. The molecule has 1 saturated heterocycles. The molecule has 31 heavy (non-hydrogen) atoms. The summed E-state index contributed by atoms with van der Waals surface area (Å²) in [5.74, 6) is 1.50. The van der Waals surface area contributed by atoms with Crippen LogP contribution in [0.25, 0.3) is 0 Å². The number of hydrogen-bond acceptors (Lipinski definition) is 7. The minimum Gasteiger partial charge on any atom is -0.493 e. The van der Waals surface area contributed by atoms with Crippen LogP contribution in [0, 0.1) is 5.92 Å². The maximum Gasteiger partial charge on any atom is 0.263 e. The number of anilines is 1. The number of piperidine rings is 1. The van der Waals surface area contributed by atoms with E-state index in [-0.39, 0.29) is 10.0 Å². The van der Waals surface area contributed by atoms with Crippen molar-refractivity contribution in [3.05, 3.63) is 30.1 Å². The van der Waals surface area contributed by atoms with Crippen LogP contribution < -0.4 is 9.46 Å². The van der Waals surface area contributed by atoms with Crippen LogP contribution >= 0.6 is 11.5 Å². The molecule has 2 fully saturated rings. The second kappa shape index (κ2) is 9.03. The Morgan fingerprint density at radius 1 is 1.06 bits per heavy atom. The number of fused-ring (bicyclic) bond motifs is 1. The smallest absolute Gasteiger partial charge is 0.263 e. The lowest BCUT2D eigenvalue weighted by Crippen LogP contribution is -2.47. The highest BCUT2D eigenvalue weighted by Gasteiger charge is 2.37. The van der Waals surface area contributed by atoms with Crippen LogP contribution in [-0.4, -0.2) is 41.9 Å². The zero-order valence-corrected chi connectivity index (χ0v) is 19.3. The lowest BCUT2D eigenvalue weighted by atomic mass is 9.78. The molecule has 7 nitrogen and oxygen atoms in total. The molecule has 5 rings (SSSR count). The van der Waals surface area contributed by atoms with Crippen LogP contribution in [-0.2, 0) is 10.0 Å². The fraction of sp³-hybridized carbons (Fsp3) is 0.636. The molecule has 0 amide bonds. The molecular formula is C22H30N4O3S2. The topological polar surface area (TPSA) is 84.4 Å². The molecule has 2 atom stereocenters. The van der Waals surface area contributed by atoms with Crippen molar-refractivity contribution in [1.29, 1.82) is 0 Å². The van der Waals surface area contributed by atoms with Gasteiger partial charge < -0.3 is 4.74 Å². The van der Waals surface area contributed by atoms with Gasteiger partial charge in [0.2, 0.25) is 5.13 Å². The average molecular weight is 463 g/mol. The molecule has 1 aromatic heterocycles. The van der Waals surface area contributed by atoms with Crippen LogP contribution in [0.1, 0.15) is 69.4 Å². The van der Waals surface area contributed by atoms with Crippen molar-refractivity contribution in [3.8, 4) is 5.75 Å². The van der Waals surface area contributed by atoms with Crippen molar-refractivity contribution in [2.75, 3.05) is 17.9 Å². The standard InChI is InChI=1S/C22H30N4O3S2/c27-31(28,25-22-23-15-24-30-22)17-9-10-18-20(11-13-29-21(18)14-17)26-12-5-4-8-19(26)16-6-2-1-3-7-16/h9-10,14-16,19-20H,1-8,11-13H2,(H,23,24,25)/t19?,20-/m0/s1. The molecule has 1 aliphatic carbocycles. The van der Waals surface area contributed by atoms with Gasteiger partial charge in [0.25, 0.3) is 10.0 Å². The van der Waals surface area contributed by atoms with Gasteiger partial charge in [0.1, 0.15) is 12.1 Å². The van der Waals surface area contributed by atoms with Gasteiger partial charge in [0.15, 0.2) is 0 Å². The van der Waals surface area contributed by atoms with E-state index in [2.05, 4.69) is 19.0 Å². The Hall–Kier alpha value is -1.71. The van der Waals surface area contributed by atoms with E-state index in [4.69, 9.17) is 4.74 Å². The Morgan fingerprint density at radius 2 is 1.90 bits per heavy atom. The summed E-state index contributed by atoms with van der Waals surface area (Å²) < 4.78 is 37.9. The molecule has 9 heteroatoms. The van der Waals surface area contributed by atoms with Gasteiger partial charge in [0, 0.05) is 41.7 Å². The first-order valence-corrected chi connectivity index (χ1v) is 13.7. The summed E-state index contributed by atoms with van der Waals surface area (Å²) in [6.45, 7) is 1.75. The van der Waals surface area contributed by atoms with Crippen molar-refractivity contribution in [2.24, 2.45) is 5.92 Å². The molecule has 3 aliphatic rings. The van der Waals surface area contributed by atoms with Gasteiger partial charge >= 0.3 is 0 Å². The van der Waals surface area contributed by atoms with E-state index in [0.29, 0.717) is 24.4 Å². The van der Waals surface area contributed by atoms with E-state index < -0.39 is 10.0 Å². The van der Waals surface area contributed by atoms with Gasteiger partial charge in [-0.25, -0.2) is 13.4 Å². The molecule has 2 aliphatic heterocycles. The lowest BCUT2D eigenvalue weighted by Gasteiger charge is -2.47. The average Bonchev–Trinajstić information content (AvgIpc) is 3.31. The molecule has 0 radical (unpaired) electrons. The minimum atomic E-state index is -3.72. The third kappa shape index (κ3) is 4.45. The predicted molar refractivity (Wildman–Crippen MR) is 121 cm³/mol. The first-order chi connectivity index (χ1) is 15.1. The molecule has 2 aromatic rings. The fourth-order valence-electron chi connectivity index (χ4n) is 5.65. The highest BCUT2D eigenvalue weighted by molar-refractivity contribution is 7.93. The maximum atomic E-state index is 12.8. The number of rotatable bonds is 5. The van der Waals surface area contributed by atoms with E-state index in [9.17, 15) is 8.42 Å². The van der Waals surface area contributed by atoms with Crippen molar-refractivity contribution in [2.45, 2.75) is 74.8 Å². The molecule has 0 bridgehead atoms. The van der Waals surface area contributed by atoms with Crippen LogP contribution in [0.4, 0.5) is 5.13 Å². The van der Waals surface area contributed by atoms with Crippen molar-refractivity contribution < 1.29 is 13.2 Å². The van der Waals surface area contributed by atoms with Crippen molar-refractivity contribution >= 4 is 26.7 Å². The fourth-order valence-corrected chi connectivity index (χ4v) is 7.32. The van der Waals surface area contributed by atoms with E-state index in [1.54, 1.807) is 12.1 Å². The van der Waals surface area contributed by atoms with Crippen LogP contribution in [0.3, 0.4) is 0 Å². The van der Waals surface area contributed by atoms with Gasteiger partial charge in [-0.05, 0) is 44.2 Å². The highest BCUT2D eigenvalue weighted by Crippen LogP contribution is 2.43. The van der Waals surface area contributed by atoms with Crippen LogP contribution in [0.5, 0.6) is 5.75 Å². The third-order valence-corrected chi connectivity index (χ3v) is 9.12. The molecule has 1 unspecified atom stereocenters. The van der Waals surface area contributed by atoms with Crippen LogP contribution in [0.15, 0.2) is 29.4 Å². The molecule has 0 spiro atoms. The SMILES string of the molecule is O=S(=O)(Nc1ncns1)c1ccc2c(c1)OCC[C@@H]2N1CCCCC1C1CCCCC1. The van der Waals surface area contributed by atoms with Gasteiger partial charge in [-0.3, -0.25) is 9.62 Å². The second-order valence-corrected chi connectivity index (χ2v) is 11.4. The Bertz CT molecular complexity index is 990. The first kappa shape index (κ1) is 21.2. The molecule has 168 valence electrons. The molecule has 1 N–H and O–H groups in total. The number of likely N-dealkylation sites (tertiary alicyclic amines) is 1. The largest absolute Gasteiger partial charge is 0.493 e. The van der Waals surface area contributed by atoms with Crippen molar-refractivity contribution in [3.63, 3.8) is 0 Å². The summed E-state index contributed by atoms with van der Waals surface area (Å²) in [4.78, 5) is 6.85. The maximum absolute atomic E-state index is 12.8.